The summed E-state index contributed by atoms with van der Waals surface area (Å²) in [6, 6.07) is 6.80. The molecule has 3 aromatic rings. The first kappa shape index (κ1) is 12.9. The van der Waals surface area contributed by atoms with E-state index in [4.69, 9.17) is 0 Å². The minimum Gasteiger partial charge on any atom is -0.357 e. The number of nitrogens with one attached hydrogen (secondary N) is 1. The van der Waals surface area contributed by atoms with E-state index in [-0.39, 0.29) is 5.82 Å². The molecule has 4 nitrogen and oxygen atoms in total. The summed E-state index contributed by atoms with van der Waals surface area (Å²) in [5, 5.41) is 5.07. The number of nitrogens with zero attached hydrogens (tertiary/aromatic N) is 3. The van der Waals surface area contributed by atoms with Crippen LogP contribution in [0.4, 0.5) is 4.39 Å². The van der Waals surface area contributed by atoms with Crippen LogP contribution in [0.2, 0.25) is 0 Å². The summed E-state index contributed by atoms with van der Waals surface area (Å²) in [7, 11) is 3.97. The number of fused-ring (bicyclic) bond motifs is 1. The molecule has 1 N–H and O–H groups in total. The lowest BCUT2D eigenvalue weighted by Gasteiger charge is -2.14. The minimum atomic E-state index is -0.202. The van der Waals surface area contributed by atoms with Crippen molar-refractivity contribution in [3.05, 3.63) is 53.7 Å². The summed E-state index contributed by atoms with van der Waals surface area (Å²) in [5.74, 6) is -0.202. The number of aryl methyl sites for hydroxylation is 1. The zero-order valence-corrected chi connectivity index (χ0v) is 11.6. The molecule has 0 unspecified atom stereocenters. The van der Waals surface area contributed by atoms with Crippen molar-refractivity contribution in [3.8, 4) is 0 Å². The molecule has 0 atom stereocenters. The molecular weight excluding hydrogens is 255 g/mol. The summed E-state index contributed by atoms with van der Waals surface area (Å²) in [5.41, 5.74) is 3.23. The van der Waals surface area contributed by atoms with Gasteiger partial charge in [-0.3, -0.25) is 9.58 Å². The third-order valence-electron chi connectivity index (χ3n) is 3.29. The van der Waals surface area contributed by atoms with E-state index < -0.39 is 0 Å². The van der Waals surface area contributed by atoms with Crippen molar-refractivity contribution in [3.63, 3.8) is 0 Å². The van der Waals surface area contributed by atoms with Gasteiger partial charge in [-0.25, -0.2) is 4.39 Å². The first-order chi connectivity index (χ1) is 9.60. The average molecular weight is 272 g/mol. The van der Waals surface area contributed by atoms with E-state index in [9.17, 15) is 4.39 Å². The van der Waals surface area contributed by atoms with E-state index >= 15 is 0 Å². The van der Waals surface area contributed by atoms with Crippen LogP contribution in [0.5, 0.6) is 0 Å². The molecule has 0 saturated heterocycles. The largest absolute Gasteiger partial charge is 0.357 e. The van der Waals surface area contributed by atoms with Crippen LogP contribution in [0.25, 0.3) is 10.9 Å². The Hall–Kier alpha value is -2.14. The van der Waals surface area contributed by atoms with Gasteiger partial charge in [0.1, 0.15) is 5.82 Å². The van der Waals surface area contributed by atoms with E-state index in [0.717, 1.165) is 29.7 Å². The standard InChI is InChI=1S/C15H17FN4/c1-19(8-11-7-17-20(2)9-11)10-14-6-12-5-13(16)3-4-15(12)18-14/h3-7,9,18H,8,10H2,1-2H3. The number of halogens is 1. The maximum Gasteiger partial charge on any atom is 0.123 e. The number of H-pyrrole nitrogens is 1. The highest BCUT2D eigenvalue weighted by Crippen LogP contribution is 2.18. The molecule has 104 valence electrons. The van der Waals surface area contributed by atoms with E-state index in [1.165, 1.54) is 11.6 Å². The van der Waals surface area contributed by atoms with Crippen LogP contribution in [0.15, 0.2) is 36.7 Å². The van der Waals surface area contributed by atoms with Crippen molar-refractivity contribution in [2.45, 2.75) is 13.1 Å². The molecule has 5 heteroatoms. The summed E-state index contributed by atoms with van der Waals surface area (Å²) in [6.07, 6.45) is 3.88. The van der Waals surface area contributed by atoms with Gasteiger partial charge in [0, 0.05) is 48.5 Å². The highest BCUT2D eigenvalue weighted by atomic mass is 19.1. The topological polar surface area (TPSA) is 36.9 Å². The van der Waals surface area contributed by atoms with Gasteiger partial charge in [0.2, 0.25) is 0 Å². The van der Waals surface area contributed by atoms with Gasteiger partial charge in [0.25, 0.3) is 0 Å². The number of rotatable bonds is 4. The second-order valence-corrected chi connectivity index (χ2v) is 5.22. The van der Waals surface area contributed by atoms with Crippen LogP contribution in [0.3, 0.4) is 0 Å². The zero-order chi connectivity index (χ0) is 14.1. The average Bonchev–Trinajstić information content (AvgIpc) is 2.94. The highest BCUT2D eigenvalue weighted by Gasteiger charge is 2.06. The molecule has 0 aliphatic rings. The first-order valence-corrected chi connectivity index (χ1v) is 6.53. The van der Waals surface area contributed by atoms with Crippen molar-refractivity contribution in [1.82, 2.24) is 19.7 Å². The summed E-state index contributed by atoms with van der Waals surface area (Å²) in [4.78, 5) is 5.51. The van der Waals surface area contributed by atoms with Gasteiger partial charge >= 0.3 is 0 Å². The van der Waals surface area contributed by atoms with Crippen molar-refractivity contribution in [2.24, 2.45) is 7.05 Å². The molecule has 0 amide bonds. The molecule has 2 heterocycles. The smallest absolute Gasteiger partial charge is 0.123 e. The molecule has 20 heavy (non-hydrogen) atoms. The summed E-state index contributed by atoms with van der Waals surface area (Å²) < 4.78 is 15.0. The van der Waals surface area contributed by atoms with Crippen molar-refractivity contribution in [1.29, 1.82) is 0 Å². The first-order valence-electron chi connectivity index (χ1n) is 6.53. The normalized spacial score (nSPS) is 11.6. The highest BCUT2D eigenvalue weighted by molar-refractivity contribution is 5.80. The molecule has 0 aliphatic carbocycles. The van der Waals surface area contributed by atoms with E-state index in [1.807, 2.05) is 25.5 Å². The number of aromatic nitrogens is 3. The van der Waals surface area contributed by atoms with E-state index in [1.54, 1.807) is 16.8 Å². The quantitative estimate of drug-likeness (QED) is 0.792. The van der Waals surface area contributed by atoms with Gasteiger partial charge in [0.05, 0.1) is 6.20 Å². The maximum atomic E-state index is 13.2. The Morgan fingerprint density at radius 1 is 1.30 bits per heavy atom. The SMILES string of the molecule is CN(Cc1cnn(C)c1)Cc1cc2cc(F)ccc2[nH]1. The molecular formula is C15H17FN4. The van der Waals surface area contributed by atoms with Crippen LogP contribution in [-0.4, -0.2) is 26.7 Å². The van der Waals surface area contributed by atoms with Gasteiger partial charge in [-0.15, -0.1) is 0 Å². The second-order valence-electron chi connectivity index (χ2n) is 5.22. The van der Waals surface area contributed by atoms with Crippen LogP contribution < -0.4 is 0 Å². The molecule has 0 fully saturated rings. The molecule has 1 aromatic carbocycles. The molecule has 3 rings (SSSR count). The van der Waals surface area contributed by atoms with Crippen LogP contribution in [0, 0.1) is 5.82 Å². The van der Waals surface area contributed by atoms with Gasteiger partial charge < -0.3 is 4.98 Å². The Morgan fingerprint density at radius 3 is 2.90 bits per heavy atom. The van der Waals surface area contributed by atoms with Crippen molar-refractivity contribution >= 4 is 10.9 Å². The Bertz CT molecular complexity index is 728. The molecule has 0 aliphatic heterocycles. The van der Waals surface area contributed by atoms with E-state index in [0.29, 0.717) is 0 Å². The third-order valence-corrected chi connectivity index (χ3v) is 3.29. The Morgan fingerprint density at radius 2 is 2.15 bits per heavy atom. The van der Waals surface area contributed by atoms with Crippen molar-refractivity contribution in [2.75, 3.05) is 7.05 Å². The predicted octanol–water partition coefficient (Wildman–Crippen LogP) is 2.67. The van der Waals surface area contributed by atoms with Crippen LogP contribution in [-0.2, 0) is 20.1 Å². The minimum absolute atomic E-state index is 0.202. The van der Waals surface area contributed by atoms with Gasteiger partial charge in [-0.05, 0) is 31.3 Å². The zero-order valence-electron chi connectivity index (χ0n) is 11.6. The lowest BCUT2D eigenvalue weighted by molar-refractivity contribution is 0.316. The Labute approximate surface area is 116 Å². The molecule has 0 radical (unpaired) electrons. The molecule has 0 saturated carbocycles. The fraction of sp³-hybridized carbons (Fsp3) is 0.267. The Kier molecular flexibility index (Phi) is 3.28. The summed E-state index contributed by atoms with van der Waals surface area (Å²) in [6.45, 7) is 1.61. The maximum absolute atomic E-state index is 13.2. The van der Waals surface area contributed by atoms with Gasteiger partial charge in [-0.2, -0.15) is 5.10 Å². The van der Waals surface area contributed by atoms with Crippen molar-refractivity contribution < 1.29 is 4.39 Å². The number of benzene rings is 1. The van der Waals surface area contributed by atoms with Gasteiger partial charge in [0.15, 0.2) is 0 Å². The lowest BCUT2D eigenvalue weighted by atomic mass is 10.2. The number of hydrogen-bond donors (Lipinski definition) is 1. The Balaban J connectivity index is 1.72. The van der Waals surface area contributed by atoms with Crippen LogP contribution >= 0.6 is 0 Å². The van der Waals surface area contributed by atoms with Gasteiger partial charge in [-0.1, -0.05) is 0 Å². The fourth-order valence-electron chi connectivity index (χ4n) is 2.46. The molecule has 2 aromatic heterocycles. The molecule has 0 bridgehead atoms. The second kappa shape index (κ2) is 5.09. The number of aromatic amines is 1. The predicted molar refractivity (Wildman–Crippen MR) is 76.6 cm³/mol. The monoisotopic (exact) mass is 272 g/mol. The summed E-state index contributed by atoms with van der Waals surface area (Å²) >= 11 is 0. The van der Waals surface area contributed by atoms with E-state index in [2.05, 4.69) is 22.0 Å². The fourth-order valence-corrected chi connectivity index (χ4v) is 2.46. The third kappa shape index (κ3) is 2.72. The lowest BCUT2D eigenvalue weighted by Crippen LogP contribution is -2.17. The number of hydrogen-bond acceptors (Lipinski definition) is 2. The molecule has 0 spiro atoms. The van der Waals surface area contributed by atoms with Crippen LogP contribution in [0.1, 0.15) is 11.3 Å².